The van der Waals surface area contributed by atoms with E-state index in [2.05, 4.69) is 9.97 Å². The zero-order valence-electron chi connectivity index (χ0n) is 9.84. The van der Waals surface area contributed by atoms with Gasteiger partial charge in [-0.15, -0.1) is 11.3 Å². The second kappa shape index (κ2) is 3.96. The largest absolute Gasteiger partial charge is 0.398 e. The van der Waals surface area contributed by atoms with Gasteiger partial charge in [0.1, 0.15) is 10.5 Å². The molecule has 2 heterocycles. The molecule has 0 fully saturated rings. The summed E-state index contributed by atoms with van der Waals surface area (Å²) in [7, 11) is 0. The minimum atomic E-state index is 0.660. The Kier molecular flexibility index (Phi) is 2.41. The number of fused-ring (bicyclic) bond motifs is 1. The fourth-order valence-corrected chi connectivity index (χ4v) is 2.87. The molecule has 0 spiro atoms. The number of nitrogens with two attached hydrogens (primary N) is 2. The van der Waals surface area contributed by atoms with Crippen molar-refractivity contribution < 1.29 is 0 Å². The highest BCUT2D eigenvalue weighted by atomic mass is 32.1. The Hall–Kier alpha value is -2.14. The monoisotopic (exact) mass is 256 g/mol. The number of benzene rings is 1. The molecule has 0 radical (unpaired) electrons. The molecule has 2 aromatic heterocycles. The summed E-state index contributed by atoms with van der Waals surface area (Å²) in [4.78, 5) is 8.75. The van der Waals surface area contributed by atoms with Crippen LogP contribution in [0.5, 0.6) is 0 Å². The van der Waals surface area contributed by atoms with Crippen molar-refractivity contribution in [1.29, 1.82) is 0 Å². The van der Waals surface area contributed by atoms with Gasteiger partial charge in [-0.1, -0.05) is 0 Å². The zero-order valence-corrected chi connectivity index (χ0v) is 10.7. The van der Waals surface area contributed by atoms with Gasteiger partial charge in [-0.2, -0.15) is 0 Å². The molecule has 0 saturated heterocycles. The molecule has 3 aromatic rings. The van der Waals surface area contributed by atoms with Crippen molar-refractivity contribution in [3.8, 4) is 10.6 Å². The summed E-state index contributed by atoms with van der Waals surface area (Å²) >= 11 is 1.56. The van der Waals surface area contributed by atoms with E-state index in [1.807, 2.05) is 25.1 Å². The highest BCUT2D eigenvalue weighted by Gasteiger charge is 2.11. The van der Waals surface area contributed by atoms with E-state index in [1.54, 1.807) is 23.6 Å². The summed E-state index contributed by atoms with van der Waals surface area (Å²) < 4.78 is 0.944. The molecule has 3 rings (SSSR count). The van der Waals surface area contributed by atoms with Crippen molar-refractivity contribution in [2.24, 2.45) is 0 Å². The van der Waals surface area contributed by atoms with E-state index in [1.165, 1.54) is 0 Å². The summed E-state index contributed by atoms with van der Waals surface area (Å²) in [5.74, 6) is 0. The van der Waals surface area contributed by atoms with Gasteiger partial charge in [-0.25, -0.2) is 4.98 Å². The van der Waals surface area contributed by atoms with E-state index in [9.17, 15) is 0 Å². The number of pyridine rings is 1. The van der Waals surface area contributed by atoms with Crippen molar-refractivity contribution in [1.82, 2.24) is 9.97 Å². The number of nitrogen functional groups attached to an aromatic ring is 2. The summed E-state index contributed by atoms with van der Waals surface area (Å²) in [5, 5.41) is 0.917. The van der Waals surface area contributed by atoms with Crippen LogP contribution in [0.15, 0.2) is 30.5 Å². The number of hydrogen-bond acceptors (Lipinski definition) is 5. The molecule has 0 aliphatic rings. The summed E-state index contributed by atoms with van der Waals surface area (Å²) in [6, 6.07) is 7.55. The predicted octanol–water partition coefficient (Wildman–Crippen LogP) is 2.83. The average molecular weight is 256 g/mol. The Balaban J connectivity index is 2.26. The van der Waals surface area contributed by atoms with E-state index < -0.39 is 0 Å². The highest BCUT2D eigenvalue weighted by Crippen LogP contribution is 2.36. The molecule has 0 aliphatic carbocycles. The van der Waals surface area contributed by atoms with Crippen LogP contribution in [-0.2, 0) is 0 Å². The summed E-state index contributed by atoms with van der Waals surface area (Å²) in [6.07, 6.45) is 1.78. The van der Waals surface area contributed by atoms with E-state index in [-0.39, 0.29) is 0 Å². The smallest absolute Gasteiger partial charge is 0.124 e. The molecule has 0 atom stereocenters. The van der Waals surface area contributed by atoms with Gasteiger partial charge in [0.2, 0.25) is 0 Å². The van der Waals surface area contributed by atoms with Gasteiger partial charge in [0.05, 0.1) is 16.1 Å². The minimum Gasteiger partial charge on any atom is -0.398 e. The molecule has 4 nitrogen and oxygen atoms in total. The first-order chi connectivity index (χ1) is 8.65. The minimum absolute atomic E-state index is 0.660. The average Bonchev–Trinajstić information content (AvgIpc) is 2.80. The first-order valence-corrected chi connectivity index (χ1v) is 6.34. The third-order valence-electron chi connectivity index (χ3n) is 2.75. The summed E-state index contributed by atoms with van der Waals surface area (Å²) in [5.41, 5.74) is 16.0. The first-order valence-electron chi connectivity index (χ1n) is 5.52. The zero-order chi connectivity index (χ0) is 12.7. The molecule has 18 heavy (non-hydrogen) atoms. The van der Waals surface area contributed by atoms with Gasteiger partial charge in [0.25, 0.3) is 0 Å². The SMILES string of the molecule is Cc1cc(-c2nc3c(N)ccc(N)c3s2)ccn1. The Morgan fingerprint density at radius 3 is 2.61 bits per heavy atom. The molecule has 0 saturated carbocycles. The molecular weight excluding hydrogens is 244 g/mol. The van der Waals surface area contributed by atoms with E-state index in [0.717, 1.165) is 26.5 Å². The number of nitrogens with zero attached hydrogens (tertiary/aromatic N) is 2. The highest BCUT2D eigenvalue weighted by molar-refractivity contribution is 7.22. The van der Waals surface area contributed by atoms with Crippen LogP contribution in [0.3, 0.4) is 0 Å². The van der Waals surface area contributed by atoms with E-state index in [4.69, 9.17) is 11.5 Å². The lowest BCUT2D eigenvalue weighted by Crippen LogP contribution is -1.90. The Bertz CT molecular complexity index is 694. The summed E-state index contributed by atoms with van der Waals surface area (Å²) in [6.45, 7) is 1.96. The normalized spacial score (nSPS) is 10.9. The van der Waals surface area contributed by atoms with E-state index >= 15 is 0 Å². The number of rotatable bonds is 1. The lowest BCUT2D eigenvalue weighted by molar-refractivity contribution is 1.20. The van der Waals surface area contributed by atoms with Crippen LogP contribution in [0, 0.1) is 6.92 Å². The maximum Gasteiger partial charge on any atom is 0.124 e. The molecular formula is C13H12N4S. The number of thiazole rings is 1. The number of aromatic nitrogens is 2. The molecule has 0 unspecified atom stereocenters. The molecule has 90 valence electrons. The van der Waals surface area contributed by atoms with Crippen molar-refractivity contribution in [3.63, 3.8) is 0 Å². The van der Waals surface area contributed by atoms with Gasteiger partial charge in [0, 0.05) is 17.5 Å². The second-order valence-electron chi connectivity index (χ2n) is 4.13. The number of anilines is 2. The second-order valence-corrected chi connectivity index (χ2v) is 5.13. The van der Waals surface area contributed by atoms with Crippen molar-refractivity contribution in [2.75, 3.05) is 11.5 Å². The topological polar surface area (TPSA) is 77.8 Å². The van der Waals surface area contributed by atoms with Gasteiger partial charge in [-0.05, 0) is 31.2 Å². The maximum atomic E-state index is 5.95. The van der Waals surface area contributed by atoms with Crippen LogP contribution in [0.1, 0.15) is 5.69 Å². The molecule has 0 aliphatic heterocycles. The quantitative estimate of drug-likeness (QED) is 0.656. The van der Waals surface area contributed by atoms with Crippen LogP contribution in [0.4, 0.5) is 11.4 Å². The molecule has 0 amide bonds. The van der Waals surface area contributed by atoms with Crippen LogP contribution >= 0.6 is 11.3 Å². The van der Waals surface area contributed by atoms with Gasteiger partial charge in [-0.3, -0.25) is 4.98 Å². The Morgan fingerprint density at radius 1 is 1.11 bits per heavy atom. The van der Waals surface area contributed by atoms with Crippen LogP contribution < -0.4 is 11.5 Å². The number of aryl methyl sites for hydroxylation is 1. The molecule has 5 heteroatoms. The van der Waals surface area contributed by atoms with Gasteiger partial charge < -0.3 is 11.5 Å². The van der Waals surface area contributed by atoms with Crippen molar-refractivity contribution in [3.05, 3.63) is 36.2 Å². The van der Waals surface area contributed by atoms with Gasteiger partial charge in [0.15, 0.2) is 0 Å². The first kappa shape index (κ1) is 11.0. The molecule has 4 N–H and O–H groups in total. The lowest BCUT2D eigenvalue weighted by Gasteiger charge is -1.96. The van der Waals surface area contributed by atoms with Crippen molar-refractivity contribution >= 4 is 32.9 Å². The fourth-order valence-electron chi connectivity index (χ4n) is 1.85. The Morgan fingerprint density at radius 2 is 1.89 bits per heavy atom. The van der Waals surface area contributed by atoms with Crippen LogP contribution in [0.2, 0.25) is 0 Å². The maximum absolute atomic E-state index is 5.95. The number of hydrogen-bond donors (Lipinski definition) is 2. The third-order valence-corrected chi connectivity index (χ3v) is 3.90. The van der Waals surface area contributed by atoms with Crippen molar-refractivity contribution in [2.45, 2.75) is 6.92 Å². The standard InChI is InChI=1S/C13H12N4S/c1-7-6-8(4-5-16-7)13-17-11-9(14)2-3-10(15)12(11)18-13/h2-6H,14-15H2,1H3. The van der Waals surface area contributed by atoms with E-state index in [0.29, 0.717) is 11.4 Å². The lowest BCUT2D eigenvalue weighted by atomic mass is 10.2. The molecule has 1 aromatic carbocycles. The third kappa shape index (κ3) is 1.69. The molecule has 0 bridgehead atoms. The predicted molar refractivity (Wildman–Crippen MR) is 76.4 cm³/mol. The van der Waals surface area contributed by atoms with Crippen LogP contribution in [0.25, 0.3) is 20.8 Å². The van der Waals surface area contributed by atoms with Gasteiger partial charge >= 0.3 is 0 Å². The van der Waals surface area contributed by atoms with Crippen LogP contribution in [-0.4, -0.2) is 9.97 Å². The fraction of sp³-hybridized carbons (Fsp3) is 0.0769. The Labute approximate surface area is 108 Å².